The van der Waals surface area contributed by atoms with E-state index in [1.165, 1.54) is 24.0 Å². The maximum Gasteiger partial charge on any atom is 0.261 e. The molecule has 7 heteroatoms. The summed E-state index contributed by atoms with van der Waals surface area (Å²) in [4.78, 5) is 32.6. The molecule has 3 aromatic rings. The molecule has 1 amide bonds. The number of fused-ring (bicyclic) bond motifs is 3. The molecule has 0 radical (unpaired) electrons. The number of amides is 1. The molecule has 1 saturated carbocycles. The maximum absolute atomic E-state index is 13.4. The fourth-order valence-electron chi connectivity index (χ4n) is 8.50. The predicted octanol–water partition coefficient (Wildman–Crippen LogP) is 3.16. The number of aliphatic hydroxyl groups is 1. The van der Waals surface area contributed by atoms with Crippen molar-refractivity contribution in [3.8, 4) is 5.75 Å². The molecule has 0 unspecified atom stereocenters. The van der Waals surface area contributed by atoms with Crippen molar-refractivity contribution >= 4 is 5.91 Å². The molecule has 4 N–H and O–H groups in total. The number of rotatable bonds is 4. The van der Waals surface area contributed by atoms with Crippen LogP contribution in [0.25, 0.3) is 0 Å². The van der Waals surface area contributed by atoms with E-state index in [1.807, 2.05) is 36.4 Å². The Bertz CT molecular complexity index is 1590. The van der Waals surface area contributed by atoms with E-state index in [2.05, 4.69) is 21.3 Å². The van der Waals surface area contributed by atoms with E-state index >= 15 is 0 Å². The fourth-order valence-corrected chi connectivity index (χ4v) is 8.50. The lowest BCUT2D eigenvalue weighted by molar-refractivity contribution is 0.00458. The topological polar surface area (TPSA) is 106 Å². The van der Waals surface area contributed by atoms with Crippen LogP contribution in [0.2, 0.25) is 0 Å². The largest absolute Gasteiger partial charge is 0.508 e. The van der Waals surface area contributed by atoms with Gasteiger partial charge in [-0.1, -0.05) is 30.3 Å². The number of H-pyrrole nitrogens is 1. The third-order valence-electron chi connectivity index (χ3n) is 10.6. The van der Waals surface area contributed by atoms with Crippen molar-refractivity contribution in [3.63, 3.8) is 0 Å². The maximum atomic E-state index is 13.4. The van der Waals surface area contributed by atoms with Gasteiger partial charge in [0.2, 0.25) is 0 Å². The van der Waals surface area contributed by atoms with E-state index in [0.29, 0.717) is 30.6 Å². The second-order valence-electron chi connectivity index (χ2n) is 12.9. The number of benzene rings is 2. The third-order valence-corrected chi connectivity index (χ3v) is 10.6. The molecule has 1 saturated heterocycles. The number of phenolic OH excluding ortho intramolecular Hbond substituents is 1. The Morgan fingerprint density at radius 3 is 2.75 bits per heavy atom. The molecule has 1 aromatic heterocycles. The van der Waals surface area contributed by atoms with Crippen LogP contribution >= 0.6 is 0 Å². The summed E-state index contributed by atoms with van der Waals surface area (Å²) in [6.45, 7) is 2.19. The fraction of sp³-hybridized carbons (Fsp3) is 0.455. The monoisotopic (exact) mass is 537 g/mol. The van der Waals surface area contributed by atoms with Gasteiger partial charge >= 0.3 is 0 Å². The van der Waals surface area contributed by atoms with Gasteiger partial charge in [-0.2, -0.15) is 0 Å². The summed E-state index contributed by atoms with van der Waals surface area (Å²) in [5.41, 5.74) is 6.03. The number of aromatic hydroxyl groups is 1. The van der Waals surface area contributed by atoms with Crippen LogP contribution in [0.5, 0.6) is 5.75 Å². The molecule has 8 rings (SSSR count). The molecular weight excluding hydrogens is 502 g/mol. The van der Waals surface area contributed by atoms with Crippen LogP contribution in [0, 0.1) is 11.8 Å². The quantitative estimate of drug-likeness (QED) is 0.409. The van der Waals surface area contributed by atoms with Crippen LogP contribution in [0.1, 0.15) is 69.2 Å². The number of carbonyl (C=O) groups is 1. The predicted molar refractivity (Wildman–Crippen MR) is 151 cm³/mol. The second kappa shape index (κ2) is 8.79. The Balaban J connectivity index is 1.15. The number of hydrogen-bond acceptors (Lipinski definition) is 5. The highest BCUT2D eigenvalue weighted by Gasteiger charge is 2.55. The molecule has 0 spiro atoms. The summed E-state index contributed by atoms with van der Waals surface area (Å²) in [6, 6.07) is 15.3. The first-order valence-electron chi connectivity index (χ1n) is 14.8. The van der Waals surface area contributed by atoms with Crippen LogP contribution in [-0.4, -0.2) is 51.2 Å². The number of piperidine rings is 1. The van der Waals surface area contributed by atoms with Gasteiger partial charge in [0.05, 0.1) is 12.1 Å². The Kier molecular flexibility index (Phi) is 5.36. The molecule has 1 aliphatic heterocycles. The summed E-state index contributed by atoms with van der Waals surface area (Å²) >= 11 is 0. The van der Waals surface area contributed by atoms with Gasteiger partial charge in [-0.25, -0.2) is 0 Å². The van der Waals surface area contributed by atoms with E-state index in [0.717, 1.165) is 60.7 Å². The Morgan fingerprint density at radius 2 is 1.90 bits per heavy atom. The van der Waals surface area contributed by atoms with Crippen molar-refractivity contribution in [1.29, 1.82) is 0 Å². The summed E-state index contributed by atoms with van der Waals surface area (Å²) in [5.74, 6) is 1.02. The molecule has 206 valence electrons. The first-order chi connectivity index (χ1) is 19.4. The zero-order valence-corrected chi connectivity index (χ0v) is 22.5. The molecule has 2 bridgehead atoms. The Morgan fingerprint density at radius 1 is 1.05 bits per heavy atom. The van der Waals surface area contributed by atoms with Crippen molar-refractivity contribution in [3.05, 3.63) is 98.0 Å². The number of aliphatic hydroxyl groups excluding tert-OH is 1. The Labute approximate surface area is 233 Å². The summed E-state index contributed by atoms with van der Waals surface area (Å²) in [7, 11) is 0. The highest BCUT2D eigenvalue weighted by Crippen LogP contribution is 2.55. The van der Waals surface area contributed by atoms with E-state index in [-0.39, 0.29) is 16.5 Å². The number of aromatic amines is 1. The molecular formula is C33H35N3O4. The van der Waals surface area contributed by atoms with E-state index < -0.39 is 18.1 Å². The van der Waals surface area contributed by atoms with Crippen LogP contribution in [0.4, 0.5) is 0 Å². The summed E-state index contributed by atoms with van der Waals surface area (Å²) in [5, 5.41) is 24.1. The minimum Gasteiger partial charge on any atom is -0.508 e. The van der Waals surface area contributed by atoms with E-state index in [1.54, 1.807) is 6.07 Å². The second-order valence-corrected chi connectivity index (χ2v) is 12.9. The van der Waals surface area contributed by atoms with Crippen molar-refractivity contribution < 1.29 is 15.0 Å². The minimum absolute atomic E-state index is 0.111. The lowest BCUT2D eigenvalue weighted by atomic mass is 9.52. The molecule has 5 atom stereocenters. The number of hydrogen-bond donors (Lipinski definition) is 4. The first kappa shape index (κ1) is 24.4. The Hall–Kier alpha value is -3.42. The van der Waals surface area contributed by atoms with Crippen molar-refractivity contribution in [2.24, 2.45) is 11.8 Å². The number of likely N-dealkylation sites (tertiary alicyclic amines) is 1. The zero-order chi connectivity index (χ0) is 27.2. The van der Waals surface area contributed by atoms with E-state index in [9.17, 15) is 19.8 Å². The van der Waals surface area contributed by atoms with Gasteiger partial charge in [-0.15, -0.1) is 0 Å². The highest BCUT2D eigenvalue weighted by atomic mass is 16.3. The molecule has 4 aliphatic carbocycles. The van der Waals surface area contributed by atoms with Crippen molar-refractivity contribution in [2.75, 3.05) is 13.1 Å². The van der Waals surface area contributed by atoms with Crippen molar-refractivity contribution in [1.82, 2.24) is 15.2 Å². The van der Waals surface area contributed by atoms with Gasteiger partial charge in [0, 0.05) is 30.1 Å². The number of aromatic nitrogens is 1. The van der Waals surface area contributed by atoms with E-state index in [4.69, 9.17) is 0 Å². The van der Waals surface area contributed by atoms with Gasteiger partial charge in [-0.3, -0.25) is 14.5 Å². The van der Waals surface area contributed by atoms with Crippen LogP contribution in [0.15, 0.2) is 53.3 Å². The summed E-state index contributed by atoms with van der Waals surface area (Å²) in [6.07, 6.45) is 5.90. The zero-order valence-electron chi connectivity index (χ0n) is 22.5. The summed E-state index contributed by atoms with van der Waals surface area (Å²) < 4.78 is 0. The van der Waals surface area contributed by atoms with Gasteiger partial charge in [0.1, 0.15) is 11.3 Å². The molecule has 2 heterocycles. The van der Waals surface area contributed by atoms with Gasteiger partial charge in [0.25, 0.3) is 11.5 Å². The molecule has 40 heavy (non-hydrogen) atoms. The average molecular weight is 538 g/mol. The van der Waals surface area contributed by atoms with Gasteiger partial charge < -0.3 is 20.5 Å². The number of pyridine rings is 1. The molecule has 7 nitrogen and oxygen atoms in total. The van der Waals surface area contributed by atoms with Crippen molar-refractivity contribution in [2.45, 2.75) is 68.5 Å². The number of carbonyl (C=O) groups excluding carboxylic acids is 1. The molecule has 2 aromatic carbocycles. The lowest BCUT2D eigenvalue weighted by Crippen LogP contribution is -2.63. The van der Waals surface area contributed by atoms with Crippen LogP contribution in [-0.2, 0) is 31.1 Å². The highest BCUT2D eigenvalue weighted by molar-refractivity contribution is 5.94. The number of nitrogens with zero attached hydrogens (tertiary/aromatic N) is 1. The number of phenols is 1. The SMILES string of the molecule is O=C(N[C@@H]1c2ccccc2C[C@@H]1O)c1cc2c([nH]c1=O)C[C@]13CCN(CC4CC4)[C@H](Cc4ccc(O)cc41)[C@@H]3C2. The lowest BCUT2D eigenvalue weighted by Gasteiger charge is -2.59. The minimum atomic E-state index is -0.714. The average Bonchev–Trinajstić information content (AvgIpc) is 3.71. The van der Waals surface area contributed by atoms with Crippen LogP contribution in [0.3, 0.4) is 0 Å². The number of nitrogens with one attached hydrogen (secondary N) is 2. The standard InChI is InChI=1S/C33H35N3O4/c37-22-8-7-20-13-28-26-12-21-11-24(32(40)35-30-23-4-2-1-3-19(23)14-29(30)38)31(39)34-27(21)16-33(26,25(20)15-22)9-10-36(28)17-18-5-6-18/h1-4,7-8,11,15,18,26,28-30,37-38H,5-6,9-10,12-14,16-17H2,(H,34,39)(H,35,40)/t26-,28+,29-,30+,33+/m0/s1. The first-order valence-corrected chi connectivity index (χ1v) is 14.8. The van der Waals surface area contributed by atoms with Gasteiger partial charge in [-0.05, 0) is 103 Å². The third kappa shape index (κ3) is 3.71. The molecule has 5 aliphatic rings. The van der Waals surface area contributed by atoms with Gasteiger partial charge in [0.15, 0.2) is 0 Å². The normalized spacial score (nSPS) is 30.1. The van der Waals surface area contributed by atoms with Crippen LogP contribution < -0.4 is 10.9 Å². The molecule has 2 fully saturated rings. The smallest absolute Gasteiger partial charge is 0.261 e.